The molecule has 0 saturated carbocycles. The molecule has 0 bridgehead atoms. The Morgan fingerprint density at radius 2 is 2.00 bits per heavy atom. The topological polar surface area (TPSA) is 79.3 Å². The van der Waals surface area contributed by atoms with Gasteiger partial charge in [0.1, 0.15) is 0 Å². The largest absolute Gasteiger partial charge is 0.481 e. The van der Waals surface area contributed by atoms with Crippen LogP contribution in [0.5, 0.6) is 0 Å². The van der Waals surface area contributed by atoms with E-state index in [9.17, 15) is 9.59 Å². The van der Waals surface area contributed by atoms with Crippen molar-refractivity contribution in [3.63, 3.8) is 0 Å². The molecule has 0 aliphatic rings. The molecule has 0 spiro atoms. The van der Waals surface area contributed by atoms with Gasteiger partial charge < -0.3 is 10.4 Å². The smallest absolute Gasteiger partial charge is 0.303 e. The number of hydrogen-bond donors (Lipinski definition) is 2. The van der Waals surface area contributed by atoms with Gasteiger partial charge in [0, 0.05) is 18.4 Å². The fourth-order valence-corrected chi connectivity index (χ4v) is 3.14. The van der Waals surface area contributed by atoms with Crippen LogP contribution in [0, 0.1) is 0 Å². The number of fused-ring (bicyclic) bond motifs is 1. The Balaban J connectivity index is 1.90. The van der Waals surface area contributed by atoms with Crippen LogP contribution in [0.4, 0.5) is 0 Å². The summed E-state index contributed by atoms with van der Waals surface area (Å²) >= 11 is 1.57. The number of carboxylic acids is 1. The van der Waals surface area contributed by atoms with E-state index in [0.717, 1.165) is 21.5 Å². The first-order chi connectivity index (χ1) is 11.6. The molecule has 3 aromatic rings. The number of aliphatic carboxylic acids is 1. The number of benzene rings is 1. The number of aromatic nitrogens is 1. The second-order valence-electron chi connectivity index (χ2n) is 5.30. The SMILES string of the molecule is O=C(O)CCCNC(=O)c1cc(-c2cccs2)nc2ccccc12. The molecule has 122 valence electrons. The van der Waals surface area contributed by atoms with Crippen LogP contribution in [0.25, 0.3) is 21.5 Å². The minimum absolute atomic E-state index is 0.0395. The fraction of sp³-hybridized carbons (Fsp3) is 0.167. The molecule has 1 aromatic carbocycles. The highest BCUT2D eigenvalue weighted by molar-refractivity contribution is 7.13. The van der Waals surface area contributed by atoms with Crippen molar-refractivity contribution >= 4 is 34.1 Å². The van der Waals surface area contributed by atoms with Gasteiger partial charge in [-0.15, -0.1) is 11.3 Å². The van der Waals surface area contributed by atoms with Crippen LogP contribution in [-0.4, -0.2) is 28.5 Å². The van der Waals surface area contributed by atoms with Gasteiger partial charge in [-0.1, -0.05) is 24.3 Å². The van der Waals surface area contributed by atoms with Crippen LogP contribution < -0.4 is 5.32 Å². The summed E-state index contributed by atoms with van der Waals surface area (Å²) in [6, 6.07) is 13.2. The normalized spacial score (nSPS) is 10.7. The zero-order valence-corrected chi connectivity index (χ0v) is 13.7. The maximum atomic E-state index is 12.5. The zero-order chi connectivity index (χ0) is 16.9. The second kappa shape index (κ2) is 7.23. The Kier molecular flexibility index (Phi) is 4.86. The molecule has 2 heterocycles. The molecule has 0 unspecified atom stereocenters. The van der Waals surface area contributed by atoms with E-state index in [0.29, 0.717) is 18.5 Å². The van der Waals surface area contributed by atoms with Gasteiger partial charge in [-0.05, 0) is 30.0 Å². The van der Waals surface area contributed by atoms with Gasteiger partial charge in [0.25, 0.3) is 5.91 Å². The molecule has 0 saturated heterocycles. The number of rotatable bonds is 6. The number of pyridine rings is 1. The van der Waals surface area contributed by atoms with Crippen LogP contribution >= 0.6 is 11.3 Å². The third kappa shape index (κ3) is 3.60. The van der Waals surface area contributed by atoms with E-state index in [4.69, 9.17) is 5.11 Å². The number of thiophene rings is 1. The van der Waals surface area contributed by atoms with Crippen LogP contribution in [0.3, 0.4) is 0 Å². The number of hydrogen-bond acceptors (Lipinski definition) is 4. The number of carboxylic acid groups (broad SMARTS) is 1. The van der Waals surface area contributed by atoms with Crippen LogP contribution in [0.15, 0.2) is 47.8 Å². The lowest BCUT2D eigenvalue weighted by atomic mass is 10.1. The van der Waals surface area contributed by atoms with Crippen LogP contribution in [0.1, 0.15) is 23.2 Å². The quantitative estimate of drug-likeness (QED) is 0.673. The van der Waals surface area contributed by atoms with Crippen LogP contribution in [-0.2, 0) is 4.79 Å². The molecule has 0 aliphatic carbocycles. The maximum absolute atomic E-state index is 12.5. The molecule has 2 N–H and O–H groups in total. The fourth-order valence-electron chi connectivity index (χ4n) is 2.45. The summed E-state index contributed by atoms with van der Waals surface area (Å²) in [6.45, 7) is 0.329. The number of nitrogens with zero attached hydrogens (tertiary/aromatic N) is 1. The highest BCUT2D eigenvalue weighted by Crippen LogP contribution is 2.27. The molecule has 24 heavy (non-hydrogen) atoms. The molecule has 6 heteroatoms. The minimum Gasteiger partial charge on any atom is -0.481 e. The summed E-state index contributed by atoms with van der Waals surface area (Å²) in [5, 5.41) is 14.2. The first-order valence-corrected chi connectivity index (χ1v) is 8.47. The van der Waals surface area contributed by atoms with Crippen molar-refractivity contribution in [2.24, 2.45) is 0 Å². The highest BCUT2D eigenvalue weighted by Gasteiger charge is 2.14. The van der Waals surface area contributed by atoms with E-state index in [-0.39, 0.29) is 12.3 Å². The number of amides is 1. The molecule has 0 fully saturated rings. The Morgan fingerprint density at radius 1 is 1.17 bits per heavy atom. The van der Waals surface area contributed by atoms with Gasteiger partial charge in [-0.3, -0.25) is 9.59 Å². The molecule has 5 nitrogen and oxygen atoms in total. The van der Waals surface area contributed by atoms with E-state index < -0.39 is 5.97 Å². The summed E-state index contributed by atoms with van der Waals surface area (Å²) in [4.78, 5) is 28.7. The summed E-state index contributed by atoms with van der Waals surface area (Å²) in [7, 11) is 0. The monoisotopic (exact) mass is 340 g/mol. The zero-order valence-electron chi connectivity index (χ0n) is 12.9. The van der Waals surface area contributed by atoms with Crippen molar-refractivity contribution < 1.29 is 14.7 Å². The second-order valence-corrected chi connectivity index (χ2v) is 6.25. The average molecular weight is 340 g/mol. The predicted octanol–water partition coefficient (Wildman–Crippen LogP) is 3.56. The van der Waals surface area contributed by atoms with Gasteiger partial charge in [-0.2, -0.15) is 0 Å². The van der Waals surface area contributed by atoms with Crippen molar-refractivity contribution in [1.82, 2.24) is 10.3 Å². The third-order valence-corrected chi connectivity index (χ3v) is 4.48. The van der Waals surface area contributed by atoms with Crippen molar-refractivity contribution in [1.29, 1.82) is 0 Å². The molecule has 3 rings (SSSR count). The maximum Gasteiger partial charge on any atom is 0.303 e. The molecule has 1 amide bonds. The van der Waals surface area contributed by atoms with E-state index >= 15 is 0 Å². The summed E-state index contributed by atoms with van der Waals surface area (Å²) in [5.74, 6) is -1.07. The Hall–Kier alpha value is -2.73. The first-order valence-electron chi connectivity index (χ1n) is 7.59. The minimum atomic E-state index is -0.862. The Bertz CT molecular complexity index is 875. The van der Waals surface area contributed by atoms with Gasteiger partial charge in [0.2, 0.25) is 0 Å². The standard InChI is InChI=1S/C18H16N2O3S/c21-17(22)8-3-9-19-18(23)13-11-15(16-7-4-10-24-16)20-14-6-2-1-5-12(13)14/h1-2,4-7,10-11H,3,8-9H2,(H,19,23)(H,21,22). The van der Waals surface area contributed by atoms with Gasteiger partial charge in [-0.25, -0.2) is 4.98 Å². The van der Waals surface area contributed by atoms with E-state index in [2.05, 4.69) is 10.3 Å². The van der Waals surface area contributed by atoms with Crippen molar-refractivity contribution in [3.8, 4) is 10.6 Å². The van der Waals surface area contributed by atoms with Crippen molar-refractivity contribution in [2.75, 3.05) is 6.54 Å². The molecular formula is C18H16N2O3S. The number of carbonyl (C=O) groups is 2. The summed E-state index contributed by atoms with van der Waals surface area (Å²) < 4.78 is 0. The van der Waals surface area contributed by atoms with Crippen molar-refractivity contribution in [3.05, 3.63) is 53.4 Å². The summed E-state index contributed by atoms with van der Waals surface area (Å²) in [5.41, 5.74) is 2.08. The van der Waals surface area contributed by atoms with Crippen molar-refractivity contribution in [2.45, 2.75) is 12.8 Å². The number of carbonyl (C=O) groups excluding carboxylic acids is 1. The molecule has 2 aromatic heterocycles. The molecule has 0 aliphatic heterocycles. The lowest BCUT2D eigenvalue weighted by Crippen LogP contribution is -2.25. The van der Waals surface area contributed by atoms with E-state index in [1.165, 1.54) is 0 Å². The predicted molar refractivity (Wildman–Crippen MR) is 94.3 cm³/mol. The average Bonchev–Trinajstić information content (AvgIpc) is 3.12. The molecule has 0 atom stereocenters. The molecule has 0 radical (unpaired) electrons. The number of para-hydroxylation sites is 1. The Labute approximate surface area is 143 Å². The van der Waals surface area contributed by atoms with E-state index in [1.54, 1.807) is 17.4 Å². The van der Waals surface area contributed by atoms with Crippen LogP contribution in [0.2, 0.25) is 0 Å². The summed E-state index contributed by atoms with van der Waals surface area (Å²) in [6.07, 6.45) is 0.444. The Morgan fingerprint density at radius 3 is 2.75 bits per heavy atom. The highest BCUT2D eigenvalue weighted by atomic mass is 32.1. The third-order valence-electron chi connectivity index (χ3n) is 3.59. The lowest BCUT2D eigenvalue weighted by molar-refractivity contribution is -0.137. The first kappa shape index (κ1) is 16.1. The number of nitrogens with one attached hydrogen (secondary N) is 1. The van der Waals surface area contributed by atoms with Gasteiger partial charge in [0.15, 0.2) is 0 Å². The van der Waals surface area contributed by atoms with E-state index in [1.807, 2.05) is 41.8 Å². The van der Waals surface area contributed by atoms with Gasteiger partial charge >= 0.3 is 5.97 Å². The lowest BCUT2D eigenvalue weighted by Gasteiger charge is -2.09. The molecular weight excluding hydrogens is 324 g/mol. The van der Waals surface area contributed by atoms with Gasteiger partial charge in [0.05, 0.1) is 21.7 Å².